The zero-order valence-electron chi connectivity index (χ0n) is 13.9. The minimum atomic E-state index is 0.0548. The van der Waals surface area contributed by atoms with Crippen LogP contribution < -0.4 is 0 Å². The van der Waals surface area contributed by atoms with Gasteiger partial charge in [0, 0.05) is 6.42 Å². The van der Waals surface area contributed by atoms with Crippen molar-refractivity contribution in [1.29, 1.82) is 0 Å². The zero-order valence-corrected chi connectivity index (χ0v) is 13.9. The number of ether oxygens (including phenoxy) is 1. The van der Waals surface area contributed by atoms with Crippen molar-refractivity contribution in [1.82, 2.24) is 0 Å². The Hall–Kier alpha value is -0.820. The molecule has 2 aliphatic rings. The predicted octanol–water partition coefficient (Wildman–Crippen LogP) is 4.84. The fourth-order valence-electron chi connectivity index (χ4n) is 3.95. The van der Waals surface area contributed by atoms with Crippen LogP contribution in [-0.2, 0) is 27.6 Å². The molecule has 1 spiro atoms. The van der Waals surface area contributed by atoms with Crippen LogP contribution in [0.3, 0.4) is 0 Å². The van der Waals surface area contributed by atoms with E-state index in [2.05, 4.69) is 53.7 Å². The Morgan fingerprint density at radius 3 is 1.90 bits per heavy atom. The van der Waals surface area contributed by atoms with Crippen LogP contribution in [0.5, 0.6) is 0 Å². The van der Waals surface area contributed by atoms with E-state index in [4.69, 9.17) is 4.74 Å². The largest absolute Gasteiger partial charge is 0.370 e. The molecule has 1 heteroatoms. The highest BCUT2D eigenvalue weighted by Crippen LogP contribution is 2.53. The Balaban J connectivity index is 2.25. The van der Waals surface area contributed by atoms with E-state index in [1.807, 2.05) is 0 Å². The van der Waals surface area contributed by atoms with E-state index in [-0.39, 0.29) is 16.4 Å². The molecule has 0 N–H and O–H groups in total. The normalized spacial score (nSPS) is 25.7. The van der Waals surface area contributed by atoms with Gasteiger partial charge < -0.3 is 4.74 Å². The fourth-order valence-corrected chi connectivity index (χ4v) is 3.95. The van der Waals surface area contributed by atoms with Crippen LogP contribution in [0, 0.1) is 0 Å². The second-order valence-electron chi connectivity index (χ2n) is 8.61. The van der Waals surface area contributed by atoms with Crippen molar-refractivity contribution in [3.05, 3.63) is 34.4 Å². The quantitative estimate of drug-likeness (QED) is 0.656. The van der Waals surface area contributed by atoms with E-state index in [0.717, 1.165) is 6.61 Å². The highest BCUT2D eigenvalue weighted by Gasteiger charge is 2.48. The summed E-state index contributed by atoms with van der Waals surface area (Å²) in [6, 6.07) is 4.74. The Morgan fingerprint density at radius 2 is 1.45 bits per heavy atom. The number of rotatable bonds is 0. The minimum Gasteiger partial charge on any atom is -0.370 e. The van der Waals surface area contributed by atoms with E-state index in [1.165, 1.54) is 30.4 Å². The van der Waals surface area contributed by atoms with Gasteiger partial charge in [-0.1, -0.05) is 53.7 Å². The topological polar surface area (TPSA) is 9.23 Å². The van der Waals surface area contributed by atoms with Crippen LogP contribution in [0.15, 0.2) is 12.1 Å². The van der Waals surface area contributed by atoms with Crippen molar-refractivity contribution in [3.8, 4) is 0 Å². The highest BCUT2D eigenvalue weighted by molar-refractivity contribution is 5.53. The predicted molar refractivity (Wildman–Crippen MR) is 84.4 cm³/mol. The maximum Gasteiger partial charge on any atom is 0.0962 e. The van der Waals surface area contributed by atoms with Gasteiger partial charge >= 0.3 is 0 Å². The van der Waals surface area contributed by atoms with Crippen LogP contribution in [0.2, 0.25) is 0 Å². The summed E-state index contributed by atoms with van der Waals surface area (Å²) >= 11 is 0. The summed E-state index contributed by atoms with van der Waals surface area (Å²) in [5, 5.41) is 0. The van der Waals surface area contributed by atoms with Crippen molar-refractivity contribution in [2.45, 2.75) is 77.2 Å². The summed E-state index contributed by atoms with van der Waals surface area (Å²) in [5.74, 6) is 0. The lowest BCUT2D eigenvalue weighted by atomic mass is 9.73. The van der Waals surface area contributed by atoms with Gasteiger partial charge in [-0.3, -0.25) is 0 Å². The van der Waals surface area contributed by atoms with Crippen molar-refractivity contribution in [3.63, 3.8) is 0 Å². The molecule has 1 nitrogen and oxygen atoms in total. The van der Waals surface area contributed by atoms with Crippen molar-refractivity contribution < 1.29 is 4.74 Å². The molecule has 1 atom stereocenters. The second-order valence-corrected chi connectivity index (χ2v) is 8.61. The smallest absolute Gasteiger partial charge is 0.0962 e. The average molecular weight is 272 g/mol. The first-order valence-electron chi connectivity index (χ1n) is 7.96. The first-order valence-corrected chi connectivity index (χ1v) is 7.96. The second kappa shape index (κ2) is 4.10. The third-order valence-corrected chi connectivity index (χ3v) is 5.05. The summed E-state index contributed by atoms with van der Waals surface area (Å²) in [6.45, 7) is 14.9. The zero-order chi connectivity index (χ0) is 14.8. The summed E-state index contributed by atoms with van der Waals surface area (Å²) in [7, 11) is 0. The molecule has 0 bridgehead atoms. The Kier molecular flexibility index (Phi) is 2.90. The first-order chi connectivity index (χ1) is 9.15. The van der Waals surface area contributed by atoms with Gasteiger partial charge in [0.1, 0.15) is 0 Å². The number of hydrogen-bond donors (Lipinski definition) is 0. The number of fused-ring (bicyclic) bond motifs is 2. The third kappa shape index (κ3) is 1.94. The Labute approximate surface area is 123 Å². The molecule has 0 amide bonds. The molecule has 20 heavy (non-hydrogen) atoms. The maximum absolute atomic E-state index is 6.11. The van der Waals surface area contributed by atoms with E-state index in [1.54, 1.807) is 11.1 Å². The summed E-state index contributed by atoms with van der Waals surface area (Å²) in [4.78, 5) is 0. The summed E-state index contributed by atoms with van der Waals surface area (Å²) in [5.41, 5.74) is 6.62. The third-order valence-electron chi connectivity index (χ3n) is 5.05. The van der Waals surface area contributed by atoms with Crippen LogP contribution >= 0.6 is 0 Å². The average Bonchev–Trinajstić information content (AvgIpc) is 2.64. The van der Waals surface area contributed by atoms with Crippen molar-refractivity contribution >= 4 is 0 Å². The molecule has 0 radical (unpaired) electrons. The van der Waals surface area contributed by atoms with Gasteiger partial charge in [0.05, 0.1) is 12.2 Å². The molecule has 0 saturated carbocycles. The lowest BCUT2D eigenvalue weighted by Crippen LogP contribution is -2.40. The summed E-state index contributed by atoms with van der Waals surface area (Å²) in [6.07, 6.45) is 3.57. The lowest BCUT2D eigenvalue weighted by molar-refractivity contribution is -0.152. The van der Waals surface area contributed by atoms with Crippen molar-refractivity contribution in [2.24, 2.45) is 0 Å². The summed E-state index contributed by atoms with van der Waals surface area (Å²) < 4.78 is 6.11. The molecule has 3 rings (SSSR count). The van der Waals surface area contributed by atoms with Gasteiger partial charge in [-0.15, -0.1) is 0 Å². The number of hydrogen-bond acceptors (Lipinski definition) is 1. The van der Waals surface area contributed by atoms with E-state index in [0.29, 0.717) is 0 Å². The van der Waals surface area contributed by atoms with Gasteiger partial charge in [0.15, 0.2) is 0 Å². The molecule has 1 aromatic carbocycles. The molecule has 1 fully saturated rings. The van der Waals surface area contributed by atoms with Crippen LogP contribution in [-0.4, -0.2) is 6.61 Å². The molecule has 1 unspecified atom stereocenters. The standard InChI is InChI=1S/C19H28O/c1-17(2,3)14-7-8-15(18(4,5)6)16-13(14)9-10-19(16)11-12-20-19/h7-8H,9-12H2,1-6H3. The maximum atomic E-state index is 6.11. The molecule has 1 aliphatic carbocycles. The van der Waals surface area contributed by atoms with E-state index >= 15 is 0 Å². The van der Waals surface area contributed by atoms with Gasteiger partial charge in [-0.25, -0.2) is 0 Å². The van der Waals surface area contributed by atoms with Gasteiger partial charge in [0.2, 0.25) is 0 Å². The molecule has 110 valence electrons. The molecule has 1 saturated heterocycles. The molecular formula is C19H28O. The van der Waals surface area contributed by atoms with Gasteiger partial charge in [0.25, 0.3) is 0 Å². The SMILES string of the molecule is CC(C)(C)c1ccc(C(C)(C)C)c2c1CCC21CCO1. The minimum absolute atomic E-state index is 0.0548. The van der Waals surface area contributed by atoms with E-state index < -0.39 is 0 Å². The number of benzene rings is 1. The first kappa shape index (κ1) is 14.1. The molecule has 1 aliphatic heterocycles. The van der Waals surface area contributed by atoms with Crippen molar-refractivity contribution in [2.75, 3.05) is 6.61 Å². The Bertz CT molecular complexity index is 536. The van der Waals surface area contributed by atoms with Crippen LogP contribution in [0.25, 0.3) is 0 Å². The van der Waals surface area contributed by atoms with Gasteiger partial charge in [-0.05, 0) is 45.9 Å². The molecular weight excluding hydrogens is 244 g/mol. The highest BCUT2D eigenvalue weighted by atomic mass is 16.5. The Morgan fingerprint density at radius 1 is 0.900 bits per heavy atom. The lowest BCUT2D eigenvalue weighted by Gasteiger charge is -2.42. The van der Waals surface area contributed by atoms with E-state index in [9.17, 15) is 0 Å². The van der Waals surface area contributed by atoms with Crippen LogP contribution in [0.1, 0.15) is 76.6 Å². The monoisotopic (exact) mass is 272 g/mol. The van der Waals surface area contributed by atoms with Crippen LogP contribution in [0.4, 0.5) is 0 Å². The molecule has 0 aromatic heterocycles. The van der Waals surface area contributed by atoms with Gasteiger partial charge in [-0.2, -0.15) is 0 Å². The fraction of sp³-hybridized carbons (Fsp3) is 0.684. The molecule has 1 aromatic rings. The molecule has 1 heterocycles.